The second kappa shape index (κ2) is 14.8. The second-order valence-corrected chi connectivity index (χ2v) is 16.6. The summed E-state index contributed by atoms with van der Waals surface area (Å²) in [5, 5.41) is 20.4. The molecule has 0 amide bonds. The first kappa shape index (κ1) is 36.1. The molecule has 244 valence electrons. The molecule has 2 aliphatic carbocycles. The van der Waals surface area contributed by atoms with E-state index in [1.54, 1.807) is 0 Å². The summed E-state index contributed by atoms with van der Waals surface area (Å²) in [6, 6.07) is 0. The summed E-state index contributed by atoms with van der Waals surface area (Å²) in [6.07, 6.45) is 22.3. The minimum absolute atomic E-state index is 0.0268. The number of rotatable bonds is 14. The highest BCUT2D eigenvalue weighted by atomic mass is 16.6. The van der Waals surface area contributed by atoms with Crippen molar-refractivity contribution >= 4 is 0 Å². The van der Waals surface area contributed by atoms with Crippen molar-refractivity contribution in [3.63, 3.8) is 0 Å². The quantitative estimate of drug-likeness (QED) is 0.0910. The molecule has 1 aliphatic heterocycles. The van der Waals surface area contributed by atoms with Gasteiger partial charge in [0.15, 0.2) is 0 Å². The molecule has 0 aromatic carbocycles. The summed E-state index contributed by atoms with van der Waals surface area (Å²) in [7, 11) is 0. The predicted octanol–water partition coefficient (Wildman–Crippen LogP) is 9.97. The van der Waals surface area contributed by atoms with Gasteiger partial charge in [-0.3, -0.25) is 0 Å². The number of unbranched alkanes of at least 4 members (excludes halogenated alkanes) is 1. The van der Waals surface area contributed by atoms with Gasteiger partial charge in [0.2, 0.25) is 0 Å². The van der Waals surface area contributed by atoms with Crippen LogP contribution in [0.25, 0.3) is 0 Å². The highest BCUT2D eigenvalue weighted by Gasteiger charge is 2.74. The predicted molar refractivity (Wildman–Crippen MR) is 183 cm³/mol. The van der Waals surface area contributed by atoms with Crippen molar-refractivity contribution in [1.29, 1.82) is 0 Å². The third-order valence-corrected chi connectivity index (χ3v) is 10.9. The summed E-state index contributed by atoms with van der Waals surface area (Å²) in [4.78, 5) is 0. The van der Waals surface area contributed by atoms with E-state index in [9.17, 15) is 10.2 Å². The molecule has 3 rings (SSSR count). The van der Waals surface area contributed by atoms with E-state index in [2.05, 4.69) is 105 Å². The largest absolute Gasteiger partial charge is 0.393 e. The summed E-state index contributed by atoms with van der Waals surface area (Å²) in [6.45, 7) is 22.5. The number of fused-ring (bicyclic) bond motifs is 1. The second-order valence-electron chi connectivity index (χ2n) is 16.6. The van der Waals surface area contributed by atoms with Crippen molar-refractivity contribution in [3.05, 3.63) is 35.5 Å². The van der Waals surface area contributed by atoms with Gasteiger partial charge in [-0.25, -0.2) is 0 Å². The van der Waals surface area contributed by atoms with E-state index >= 15 is 0 Å². The van der Waals surface area contributed by atoms with Gasteiger partial charge in [-0.2, -0.15) is 0 Å². The number of aliphatic hydroxyl groups is 2. The maximum atomic E-state index is 10.3. The number of hydrogen-bond donors (Lipinski definition) is 2. The van der Waals surface area contributed by atoms with E-state index in [1.165, 1.54) is 56.1 Å². The Bertz CT molecular complexity index is 1070. The first-order valence-electron chi connectivity index (χ1n) is 17.6. The monoisotopic (exact) mass is 595 g/mol. The van der Waals surface area contributed by atoms with Gasteiger partial charge < -0.3 is 14.9 Å². The van der Waals surface area contributed by atoms with Crippen LogP contribution in [-0.2, 0) is 4.74 Å². The average Bonchev–Trinajstić information content (AvgIpc) is 3.49. The molecule has 0 radical (unpaired) electrons. The number of hydrogen-bond acceptors (Lipinski definition) is 3. The van der Waals surface area contributed by atoms with Crippen LogP contribution in [0.15, 0.2) is 35.5 Å². The lowest BCUT2D eigenvalue weighted by molar-refractivity contribution is 0.0513. The minimum atomic E-state index is -0.248. The fourth-order valence-corrected chi connectivity index (χ4v) is 8.33. The summed E-state index contributed by atoms with van der Waals surface area (Å²) in [5.41, 5.74) is 2.02. The molecule has 43 heavy (non-hydrogen) atoms. The molecule has 1 saturated carbocycles. The third kappa shape index (κ3) is 9.58. The molecule has 0 aromatic heterocycles. The molecule has 4 unspecified atom stereocenters. The van der Waals surface area contributed by atoms with Crippen LogP contribution in [0.5, 0.6) is 0 Å². The molecule has 0 bridgehead atoms. The van der Waals surface area contributed by atoms with Crippen molar-refractivity contribution < 1.29 is 14.9 Å². The fraction of sp³-hybridized carbons (Fsp3) is 0.800. The molecule has 1 heterocycles. The highest BCUT2D eigenvalue weighted by Crippen LogP contribution is 2.66. The summed E-state index contributed by atoms with van der Waals surface area (Å²) >= 11 is 0. The summed E-state index contributed by atoms with van der Waals surface area (Å²) in [5.74, 6) is 9.26. The molecular formula is C40H66O3. The molecule has 0 aromatic rings. The van der Waals surface area contributed by atoms with Crippen molar-refractivity contribution in [1.82, 2.24) is 0 Å². The topological polar surface area (TPSA) is 53.0 Å². The molecule has 8 atom stereocenters. The summed E-state index contributed by atoms with van der Waals surface area (Å²) < 4.78 is 6.31. The van der Waals surface area contributed by atoms with Crippen LogP contribution in [0, 0.1) is 46.3 Å². The lowest BCUT2D eigenvalue weighted by Crippen LogP contribution is -2.46. The number of ether oxygens (including phenoxy) is 1. The molecule has 3 aliphatic rings. The molecular weight excluding hydrogens is 528 g/mol. The zero-order chi connectivity index (χ0) is 32.1. The lowest BCUT2D eigenvalue weighted by Gasteiger charge is -2.39. The van der Waals surface area contributed by atoms with E-state index in [0.29, 0.717) is 5.92 Å². The van der Waals surface area contributed by atoms with E-state index in [0.717, 1.165) is 43.9 Å². The Balaban J connectivity index is 1.27. The average molecular weight is 595 g/mol. The fourth-order valence-electron chi connectivity index (χ4n) is 8.33. The van der Waals surface area contributed by atoms with Crippen molar-refractivity contribution in [2.75, 3.05) is 0 Å². The van der Waals surface area contributed by atoms with Crippen LogP contribution in [0.3, 0.4) is 0 Å². The Kier molecular flexibility index (Phi) is 12.5. The maximum absolute atomic E-state index is 10.3. The Morgan fingerprint density at radius 3 is 2.14 bits per heavy atom. The molecule has 3 heteroatoms. The van der Waals surface area contributed by atoms with Crippen molar-refractivity contribution in [2.24, 2.45) is 34.5 Å². The maximum Gasteiger partial charge on any atom is 0.121 e. The van der Waals surface area contributed by atoms with Crippen LogP contribution >= 0.6 is 0 Å². The Morgan fingerprint density at radius 2 is 1.49 bits per heavy atom. The van der Waals surface area contributed by atoms with E-state index < -0.39 is 0 Å². The molecule has 1 saturated heterocycles. The first-order valence-corrected chi connectivity index (χ1v) is 17.6. The van der Waals surface area contributed by atoms with E-state index in [1.807, 2.05) is 0 Å². The molecule has 2 N–H and O–H groups in total. The third-order valence-electron chi connectivity index (χ3n) is 10.9. The van der Waals surface area contributed by atoms with E-state index in [-0.39, 0.29) is 40.2 Å². The van der Waals surface area contributed by atoms with Gasteiger partial charge in [-0.1, -0.05) is 129 Å². The molecule has 0 spiro atoms. The zero-order valence-electron chi connectivity index (χ0n) is 29.6. The highest BCUT2D eigenvalue weighted by molar-refractivity contribution is 5.40. The molecule has 3 nitrogen and oxygen atoms in total. The Labute approximate surface area is 266 Å². The minimum Gasteiger partial charge on any atom is -0.393 e. The van der Waals surface area contributed by atoms with Crippen LogP contribution in [-0.4, -0.2) is 33.6 Å². The molecule has 2 fully saturated rings. The Morgan fingerprint density at radius 1 is 0.837 bits per heavy atom. The van der Waals surface area contributed by atoms with Crippen molar-refractivity contribution in [3.8, 4) is 11.8 Å². The van der Waals surface area contributed by atoms with Gasteiger partial charge in [0.05, 0.1) is 12.2 Å². The zero-order valence-corrected chi connectivity index (χ0v) is 29.6. The standard InChI is InChI=1S/C40H66O3/c1-29(17-13-19-31(3)21-22-36-33(5)25-34(41)26-37(36,6)7)15-11-12-16-30(2)18-14-20-32(4)23-24-40-38(8,9)27-35(42)28-39(40,10)43-40/h13,19,23-24,29-32,34-35,41-42H,11-12,14-18,20,25-28H2,1-10H3/b19-13+,24-23+/t29?,30?,31?,32?,34-,35+,39-,40+/m1/s1. The van der Waals surface area contributed by atoms with Crippen LogP contribution < -0.4 is 0 Å². The Hall–Kier alpha value is -1.34. The van der Waals surface area contributed by atoms with Gasteiger partial charge in [-0.15, -0.1) is 0 Å². The van der Waals surface area contributed by atoms with Gasteiger partial charge in [0, 0.05) is 28.7 Å². The van der Waals surface area contributed by atoms with Crippen LogP contribution in [0.2, 0.25) is 0 Å². The number of aliphatic hydroxyl groups excluding tert-OH is 2. The first-order chi connectivity index (χ1) is 20.0. The van der Waals surface area contributed by atoms with Crippen molar-refractivity contribution in [2.45, 2.75) is 170 Å². The van der Waals surface area contributed by atoms with Gasteiger partial charge in [0.25, 0.3) is 0 Å². The van der Waals surface area contributed by atoms with E-state index in [4.69, 9.17) is 4.74 Å². The normalized spacial score (nSPS) is 32.7. The van der Waals surface area contributed by atoms with Crippen LogP contribution in [0.1, 0.15) is 146 Å². The van der Waals surface area contributed by atoms with Gasteiger partial charge in [-0.05, 0) is 70.6 Å². The number of allylic oxidation sites excluding steroid dienone is 4. The lowest BCUT2D eigenvalue weighted by atomic mass is 9.63. The van der Waals surface area contributed by atoms with Gasteiger partial charge in [0.1, 0.15) is 11.2 Å². The SMILES string of the molecule is CC1=C(C#CC(C)/C=C/CC(C)CCCCC(C)CCCC(C)/C=C/[C@@]23O[C@]2(C)C[C@@H](O)CC3(C)C)C(C)(C)C[C@H](O)C1. The number of epoxide rings is 1. The van der Waals surface area contributed by atoms with Crippen LogP contribution in [0.4, 0.5) is 0 Å². The smallest absolute Gasteiger partial charge is 0.121 e. The van der Waals surface area contributed by atoms with Gasteiger partial charge >= 0.3 is 0 Å².